The molecule has 0 unspecified atom stereocenters. The van der Waals surface area contributed by atoms with Crippen molar-refractivity contribution < 1.29 is 0 Å². The number of halogens is 3. The molecule has 0 atom stereocenters. The first-order valence-electron chi connectivity index (χ1n) is 6.68. The first-order valence-corrected chi connectivity index (χ1v) is 7.82. The minimum Gasteiger partial charge on any atom is -0.340 e. The van der Waals surface area contributed by atoms with Crippen LogP contribution in [0.5, 0.6) is 0 Å². The Kier molecular flexibility index (Phi) is 4.86. The van der Waals surface area contributed by atoms with Crippen LogP contribution in [0.3, 0.4) is 0 Å². The molecule has 2 aromatic carbocycles. The summed E-state index contributed by atoms with van der Waals surface area (Å²) < 4.78 is 0. The molecule has 1 aromatic heterocycles. The summed E-state index contributed by atoms with van der Waals surface area (Å²) in [6.45, 7) is 0. The van der Waals surface area contributed by atoms with E-state index in [4.69, 9.17) is 34.8 Å². The van der Waals surface area contributed by atoms with E-state index in [1.165, 1.54) is 0 Å². The second-order valence-corrected chi connectivity index (χ2v) is 5.87. The van der Waals surface area contributed by atoms with Gasteiger partial charge in [0.15, 0.2) is 0 Å². The fourth-order valence-corrected chi connectivity index (χ4v) is 2.52. The molecule has 1 heterocycles. The van der Waals surface area contributed by atoms with Crippen molar-refractivity contribution in [1.82, 2.24) is 9.97 Å². The molecule has 0 amide bonds. The van der Waals surface area contributed by atoms with E-state index in [1.807, 2.05) is 12.1 Å². The number of aromatic nitrogens is 2. The fourth-order valence-electron chi connectivity index (χ4n) is 1.90. The van der Waals surface area contributed by atoms with Gasteiger partial charge < -0.3 is 10.6 Å². The van der Waals surface area contributed by atoms with Crippen molar-refractivity contribution in [3.05, 3.63) is 69.8 Å². The molecule has 116 valence electrons. The van der Waals surface area contributed by atoms with Gasteiger partial charge in [0, 0.05) is 16.9 Å². The molecule has 7 heteroatoms. The lowest BCUT2D eigenvalue weighted by molar-refractivity contribution is 1.17. The summed E-state index contributed by atoms with van der Waals surface area (Å²) in [5.74, 6) is 1.02. The first kappa shape index (κ1) is 15.9. The maximum atomic E-state index is 6.13. The lowest BCUT2D eigenvalue weighted by atomic mass is 10.3. The minimum absolute atomic E-state index is 0.388. The average Bonchev–Trinajstić information content (AvgIpc) is 2.54. The number of anilines is 4. The Bertz CT molecular complexity index is 802. The van der Waals surface area contributed by atoms with Crippen LogP contribution in [0.2, 0.25) is 15.1 Å². The normalized spacial score (nSPS) is 10.4. The van der Waals surface area contributed by atoms with Crippen LogP contribution in [0.15, 0.2) is 54.7 Å². The zero-order chi connectivity index (χ0) is 16.2. The standard InChI is InChI=1S/C16H11Cl3N4/c17-10-4-6-11(7-5-10)21-14-8-9-20-16(22-14)23-15-12(18)2-1-3-13(15)19/h1-9H,(H2,20,21,22,23). The smallest absolute Gasteiger partial charge is 0.229 e. The van der Waals surface area contributed by atoms with Gasteiger partial charge in [-0.05, 0) is 42.5 Å². The van der Waals surface area contributed by atoms with Gasteiger partial charge in [0.05, 0.1) is 15.7 Å². The van der Waals surface area contributed by atoms with E-state index in [9.17, 15) is 0 Å². The van der Waals surface area contributed by atoms with Gasteiger partial charge >= 0.3 is 0 Å². The SMILES string of the molecule is Clc1ccc(Nc2ccnc(Nc3c(Cl)cccc3Cl)n2)cc1. The summed E-state index contributed by atoms with van der Waals surface area (Å²) in [5.41, 5.74) is 1.44. The summed E-state index contributed by atoms with van der Waals surface area (Å²) in [4.78, 5) is 8.56. The molecule has 0 spiro atoms. The predicted molar refractivity (Wildman–Crippen MR) is 96.5 cm³/mol. The van der Waals surface area contributed by atoms with E-state index >= 15 is 0 Å². The zero-order valence-corrected chi connectivity index (χ0v) is 14.0. The van der Waals surface area contributed by atoms with Crippen LogP contribution in [-0.2, 0) is 0 Å². The van der Waals surface area contributed by atoms with Crippen molar-refractivity contribution >= 4 is 57.9 Å². The number of hydrogen-bond donors (Lipinski definition) is 2. The zero-order valence-electron chi connectivity index (χ0n) is 11.7. The van der Waals surface area contributed by atoms with Crippen molar-refractivity contribution in [3.63, 3.8) is 0 Å². The van der Waals surface area contributed by atoms with Gasteiger partial charge in [0.2, 0.25) is 5.95 Å². The van der Waals surface area contributed by atoms with Crippen LogP contribution in [-0.4, -0.2) is 9.97 Å². The highest BCUT2D eigenvalue weighted by atomic mass is 35.5. The highest BCUT2D eigenvalue weighted by Crippen LogP contribution is 2.31. The van der Waals surface area contributed by atoms with Gasteiger partial charge in [-0.15, -0.1) is 0 Å². The second-order valence-electron chi connectivity index (χ2n) is 4.62. The van der Waals surface area contributed by atoms with Crippen molar-refractivity contribution in [1.29, 1.82) is 0 Å². The van der Waals surface area contributed by atoms with E-state index in [0.29, 0.717) is 32.5 Å². The molecule has 0 aliphatic rings. The molecule has 2 N–H and O–H groups in total. The van der Waals surface area contributed by atoms with Crippen LogP contribution < -0.4 is 10.6 Å². The maximum absolute atomic E-state index is 6.13. The second kappa shape index (κ2) is 7.04. The van der Waals surface area contributed by atoms with Crippen LogP contribution in [0.4, 0.5) is 23.1 Å². The average molecular weight is 366 g/mol. The summed E-state index contributed by atoms with van der Waals surface area (Å²) in [5, 5.41) is 7.87. The lowest BCUT2D eigenvalue weighted by Crippen LogP contribution is -2.01. The molecule has 0 fully saturated rings. The van der Waals surface area contributed by atoms with Gasteiger partial charge in [-0.3, -0.25) is 0 Å². The van der Waals surface area contributed by atoms with Crippen molar-refractivity contribution in [2.24, 2.45) is 0 Å². The quantitative estimate of drug-likeness (QED) is 0.602. The van der Waals surface area contributed by atoms with Crippen molar-refractivity contribution in [2.45, 2.75) is 0 Å². The Morgan fingerprint density at radius 3 is 2.17 bits per heavy atom. The van der Waals surface area contributed by atoms with E-state index in [2.05, 4.69) is 20.6 Å². The summed E-state index contributed by atoms with van der Waals surface area (Å²) in [6, 6.07) is 14.3. The Balaban J connectivity index is 1.81. The predicted octanol–water partition coefficient (Wildman–Crippen LogP) is 5.92. The van der Waals surface area contributed by atoms with Crippen LogP contribution in [0.1, 0.15) is 0 Å². The molecular weight excluding hydrogens is 355 g/mol. The first-order chi connectivity index (χ1) is 11.1. The Hall–Kier alpha value is -2.01. The third-order valence-electron chi connectivity index (χ3n) is 2.97. The van der Waals surface area contributed by atoms with Gasteiger partial charge in [-0.2, -0.15) is 4.98 Å². The lowest BCUT2D eigenvalue weighted by Gasteiger charge is -2.10. The number of nitrogens with zero attached hydrogens (tertiary/aromatic N) is 2. The van der Waals surface area contributed by atoms with Gasteiger partial charge in [0.1, 0.15) is 5.82 Å². The van der Waals surface area contributed by atoms with E-state index in [0.717, 1.165) is 5.69 Å². The van der Waals surface area contributed by atoms with E-state index in [1.54, 1.807) is 42.6 Å². The fraction of sp³-hybridized carbons (Fsp3) is 0. The number of benzene rings is 2. The Morgan fingerprint density at radius 1 is 0.783 bits per heavy atom. The maximum Gasteiger partial charge on any atom is 0.229 e. The minimum atomic E-state index is 0.388. The molecule has 3 aromatic rings. The number of rotatable bonds is 4. The summed E-state index contributed by atoms with van der Waals surface area (Å²) >= 11 is 18.1. The summed E-state index contributed by atoms with van der Waals surface area (Å²) in [6.07, 6.45) is 1.64. The highest BCUT2D eigenvalue weighted by Gasteiger charge is 2.07. The van der Waals surface area contributed by atoms with Gasteiger partial charge in [0.25, 0.3) is 0 Å². The summed E-state index contributed by atoms with van der Waals surface area (Å²) in [7, 11) is 0. The molecular formula is C16H11Cl3N4. The number of nitrogens with one attached hydrogen (secondary N) is 2. The molecule has 3 rings (SSSR count). The largest absolute Gasteiger partial charge is 0.340 e. The molecule has 0 radical (unpaired) electrons. The van der Waals surface area contributed by atoms with Gasteiger partial charge in [-0.1, -0.05) is 40.9 Å². The van der Waals surface area contributed by atoms with Crippen LogP contribution in [0, 0.1) is 0 Å². The third-order valence-corrected chi connectivity index (χ3v) is 3.85. The number of para-hydroxylation sites is 1. The molecule has 4 nitrogen and oxygen atoms in total. The molecule has 0 bridgehead atoms. The molecule has 23 heavy (non-hydrogen) atoms. The van der Waals surface area contributed by atoms with Crippen LogP contribution in [0.25, 0.3) is 0 Å². The molecule has 0 aliphatic carbocycles. The van der Waals surface area contributed by atoms with Crippen molar-refractivity contribution in [2.75, 3.05) is 10.6 Å². The number of hydrogen-bond acceptors (Lipinski definition) is 4. The van der Waals surface area contributed by atoms with Crippen molar-refractivity contribution in [3.8, 4) is 0 Å². The van der Waals surface area contributed by atoms with E-state index < -0.39 is 0 Å². The van der Waals surface area contributed by atoms with E-state index in [-0.39, 0.29) is 0 Å². The third kappa shape index (κ3) is 4.05. The Labute approximate surface area is 148 Å². The topological polar surface area (TPSA) is 49.8 Å². The monoisotopic (exact) mass is 364 g/mol. The van der Waals surface area contributed by atoms with Crippen LogP contribution >= 0.6 is 34.8 Å². The molecule has 0 saturated heterocycles. The molecule has 0 saturated carbocycles. The Morgan fingerprint density at radius 2 is 1.48 bits per heavy atom. The highest BCUT2D eigenvalue weighted by molar-refractivity contribution is 6.39. The molecule has 0 aliphatic heterocycles. The van der Waals surface area contributed by atoms with Gasteiger partial charge in [-0.25, -0.2) is 4.98 Å².